The van der Waals surface area contributed by atoms with E-state index in [2.05, 4.69) is 0 Å². The van der Waals surface area contributed by atoms with Crippen LogP contribution in [0.1, 0.15) is 25.8 Å². The largest absolute Gasteiger partial charge is 0.479 e. The molecule has 1 rings (SSSR count). The molecular formula is C13H16FNO3. The van der Waals surface area contributed by atoms with E-state index in [0.717, 1.165) is 4.90 Å². The SMILES string of the molecule is CCC(C(=O)O)(c1ccccc1F)N(C)C(C)=O. The van der Waals surface area contributed by atoms with Crippen LogP contribution in [0.3, 0.4) is 0 Å². The van der Waals surface area contributed by atoms with Crippen molar-refractivity contribution in [2.45, 2.75) is 25.8 Å². The monoisotopic (exact) mass is 253 g/mol. The molecule has 4 nitrogen and oxygen atoms in total. The van der Waals surface area contributed by atoms with E-state index in [0.29, 0.717) is 0 Å². The first-order valence-corrected chi connectivity index (χ1v) is 5.60. The molecule has 0 bridgehead atoms. The lowest BCUT2D eigenvalue weighted by atomic mass is 9.85. The summed E-state index contributed by atoms with van der Waals surface area (Å²) < 4.78 is 13.9. The van der Waals surface area contributed by atoms with E-state index in [1.54, 1.807) is 13.0 Å². The number of carboxylic acids is 1. The summed E-state index contributed by atoms with van der Waals surface area (Å²) in [6.07, 6.45) is 0.0827. The van der Waals surface area contributed by atoms with Gasteiger partial charge in [-0.2, -0.15) is 0 Å². The maximum atomic E-state index is 13.9. The van der Waals surface area contributed by atoms with Crippen molar-refractivity contribution in [3.8, 4) is 0 Å². The Hall–Kier alpha value is -1.91. The maximum absolute atomic E-state index is 13.9. The van der Waals surface area contributed by atoms with Crippen LogP contribution in [0.2, 0.25) is 0 Å². The van der Waals surface area contributed by atoms with Gasteiger partial charge in [0.25, 0.3) is 0 Å². The van der Waals surface area contributed by atoms with Crippen LogP contribution in [0.4, 0.5) is 4.39 Å². The molecule has 0 heterocycles. The van der Waals surface area contributed by atoms with Crippen LogP contribution in [-0.4, -0.2) is 28.9 Å². The molecule has 5 heteroatoms. The topological polar surface area (TPSA) is 57.6 Å². The van der Waals surface area contributed by atoms with Crippen LogP contribution in [0.15, 0.2) is 24.3 Å². The van der Waals surface area contributed by atoms with Crippen molar-refractivity contribution in [3.63, 3.8) is 0 Å². The van der Waals surface area contributed by atoms with Gasteiger partial charge in [0.1, 0.15) is 5.82 Å². The highest BCUT2D eigenvalue weighted by Gasteiger charge is 2.45. The van der Waals surface area contributed by atoms with E-state index in [9.17, 15) is 19.1 Å². The number of nitrogens with zero attached hydrogens (tertiary/aromatic N) is 1. The van der Waals surface area contributed by atoms with Gasteiger partial charge in [0.15, 0.2) is 5.54 Å². The lowest BCUT2D eigenvalue weighted by Crippen LogP contribution is -2.52. The predicted octanol–water partition coefficient (Wildman–Crippen LogP) is 1.99. The third-order valence-electron chi connectivity index (χ3n) is 3.23. The van der Waals surface area contributed by atoms with Gasteiger partial charge in [-0.3, -0.25) is 4.79 Å². The lowest BCUT2D eigenvalue weighted by molar-refractivity contribution is -0.158. The van der Waals surface area contributed by atoms with Gasteiger partial charge in [-0.05, 0) is 12.5 Å². The van der Waals surface area contributed by atoms with Gasteiger partial charge < -0.3 is 10.0 Å². The first kappa shape index (κ1) is 14.2. The fourth-order valence-corrected chi connectivity index (χ4v) is 2.08. The second kappa shape index (κ2) is 5.16. The summed E-state index contributed by atoms with van der Waals surface area (Å²) in [7, 11) is 1.37. The molecule has 1 N–H and O–H groups in total. The zero-order valence-corrected chi connectivity index (χ0v) is 10.6. The van der Waals surface area contributed by atoms with E-state index in [4.69, 9.17) is 0 Å². The zero-order valence-electron chi connectivity index (χ0n) is 10.6. The van der Waals surface area contributed by atoms with Gasteiger partial charge in [0.05, 0.1) is 0 Å². The summed E-state index contributed by atoms with van der Waals surface area (Å²) in [6, 6.07) is 5.62. The fourth-order valence-electron chi connectivity index (χ4n) is 2.08. The van der Waals surface area contributed by atoms with Gasteiger partial charge in [0, 0.05) is 19.5 Å². The fraction of sp³-hybridized carbons (Fsp3) is 0.385. The molecule has 1 unspecified atom stereocenters. The number of amides is 1. The second-order valence-corrected chi connectivity index (χ2v) is 4.08. The molecular weight excluding hydrogens is 237 g/mol. The Balaban J connectivity index is 3.51. The Kier molecular flexibility index (Phi) is 4.06. The van der Waals surface area contributed by atoms with Gasteiger partial charge in [-0.15, -0.1) is 0 Å². The Bertz CT molecular complexity index is 475. The van der Waals surface area contributed by atoms with Gasteiger partial charge in [-0.25, -0.2) is 9.18 Å². The van der Waals surface area contributed by atoms with Crippen LogP contribution in [0.25, 0.3) is 0 Å². The highest BCUT2D eigenvalue weighted by Crippen LogP contribution is 2.33. The number of carbonyl (C=O) groups excluding carboxylic acids is 1. The molecule has 0 saturated carbocycles. The van der Waals surface area contributed by atoms with E-state index >= 15 is 0 Å². The van der Waals surface area contributed by atoms with Gasteiger partial charge >= 0.3 is 5.97 Å². The Morgan fingerprint density at radius 1 is 1.39 bits per heavy atom. The van der Waals surface area contributed by atoms with Gasteiger partial charge in [-0.1, -0.05) is 25.1 Å². The van der Waals surface area contributed by atoms with Crippen molar-refractivity contribution in [2.75, 3.05) is 7.05 Å². The van der Waals surface area contributed by atoms with E-state index in [1.807, 2.05) is 0 Å². The quantitative estimate of drug-likeness (QED) is 0.892. The molecule has 1 aromatic carbocycles. The number of carbonyl (C=O) groups is 2. The number of aliphatic carboxylic acids is 1. The molecule has 0 saturated heterocycles. The van der Waals surface area contributed by atoms with Crippen molar-refractivity contribution < 1.29 is 19.1 Å². The number of hydrogen-bond donors (Lipinski definition) is 1. The number of rotatable bonds is 4. The third-order valence-corrected chi connectivity index (χ3v) is 3.23. The highest BCUT2D eigenvalue weighted by atomic mass is 19.1. The lowest BCUT2D eigenvalue weighted by Gasteiger charge is -2.37. The van der Waals surface area contributed by atoms with Crippen LogP contribution >= 0.6 is 0 Å². The summed E-state index contributed by atoms with van der Waals surface area (Å²) in [6.45, 7) is 2.87. The van der Waals surface area contributed by atoms with Crippen molar-refractivity contribution in [1.29, 1.82) is 0 Å². The van der Waals surface area contributed by atoms with E-state index < -0.39 is 23.2 Å². The van der Waals surface area contributed by atoms with Crippen LogP contribution in [0.5, 0.6) is 0 Å². The summed E-state index contributed by atoms with van der Waals surface area (Å²) >= 11 is 0. The molecule has 98 valence electrons. The number of benzene rings is 1. The van der Waals surface area contributed by atoms with Crippen LogP contribution in [-0.2, 0) is 15.1 Å². The average Bonchev–Trinajstić information content (AvgIpc) is 2.32. The molecule has 1 amide bonds. The summed E-state index contributed by atoms with van der Waals surface area (Å²) in [5.74, 6) is -2.30. The molecule has 18 heavy (non-hydrogen) atoms. The molecule has 0 aliphatic carbocycles. The highest BCUT2D eigenvalue weighted by molar-refractivity contribution is 5.87. The number of hydrogen-bond acceptors (Lipinski definition) is 2. The standard InChI is InChI=1S/C13H16FNO3/c1-4-13(12(17)18,15(3)9(2)16)10-7-5-6-8-11(10)14/h5-8H,4H2,1-3H3,(H,17,18). The summed E-state index contributed by atoms with van der Waals surface area (Å²) in [5, 5.41) is 9.46. The van der Waals surface area contributed by atoms with Crippen LogP contribution in [0, 0.1) is 5.82 Å². The Labute approximate surface area is 105 Å². The first-order chi connectivity index (χ1) is 8.37. The Morgan fingerprint density at radius 2 is 1.94 bits per heavy atom. The van der Waals surface area contributed by atoms with E-state index in [-0.39, 0.29) is 12.0 Å². The van der Waals surface area contributed by atoms with Crippen molar-refractivity contribution >= 4 is 11.9 Å². The second-order valence-electron chi connectivity index (χ2n) is 4.08. The maximum Gasteiger partial charge on any atom is 0.334 e. The molecule has 0 fully saturated rings. The summed E-state index contributed by atoms with van der Waals surface area (Å²) in [5.41, 5.74) is -1.67. The number of halogens is 1. The molecule has 0 radical (unpaired) electrons. The zero-order chi connectivity index (χ0) is 13.9. The molecule has 1 atom stereocenters. The minimum Gasteiger partial charge on any atom is -0.479 e. The van der Waals surface area contributed by atoms with Crippen molar-refractivity contribution in [2.24, 2.45) is 0 Å². The molecule has 0 aromatic heterocycles. The molecule has 0 spiro atoms. The minimum absolute atomic E-state index is 0.00213. The molecule has 1 aromatic rings. The van der Waals surface area contributed by atoms with E-state index in [1.165, 1.54) is 32.2 Å². The number of likely N-dealkylation sites (N-methyl/N-ethyl adjacent to an activating group) is 1. The third kappa shape index (κ3) is 2.08. The normalized spacial score (nSPS) is 13.8. The van der Waals surface area contributed by atoms with Gasteiger partial charge in [0.2, 0.25) is 5.91 Å². The predicted molar refractivity (Wildman–Crippen MR) is 64.4 cm³/mol. The molecule has 0 aliphatic heterocycles. The molecule has 0 aliphatic rings. The summed E-state index contributed by atoms with van der Waals surface area (Å²) in [4.78, 5) is 24.1. The first-order valence-electron chi connectivity index (χ1n) is 5.60. The van der Waals surface area contributed by atoms with Crippen LogP contribution < -0.4 is 0 Å². The minimum atomic E-state index is -1.67. The smallest absolute Gasteiger partial charge is 0.334 e. The average molecular weight is 253 g/mol. The van der Waals surface area contributed by atoms with Crippen molar-refractivity contribution in [3.05, 3.63) is 35.6 Å². The number of carboxylic acid groups (broad SMARTS) is 1. The Morgan fingerprint density at radius 3 is 2.33 bits per heavy atom. The van der Waals surface area contributed by atoms with Crippen molar-refractivity contribution in [1.82, 2.24) is 4.90 Å².